The largest absolute Gasteiger partial charge is 0.497 e. The number of amides is 1. The molecule has 2 aromatic carbocycles. The van der Waals surface area contributed by atoms with E-state index in [4.69, 9.17) is 9.26 Å². The molecule has 0 unspecified atom stereocenters. The zero-order valence-corrected chi connectivity index (χ0v) is 15.7. The Hall–Kier alpha value is -3.35. The highest BCUT2D eigenvalue weighted by atomic mass is 16.5. The highest BCUT2D eigenvalue weighted by Gasteiger charge is 2.24. The summed E-state index contributed by atoms with van der Waals surface area (Å²) in [7, 11) is 1.63. The average Bonchev–Trinajstić information content (AvgIpc) is 3.25. The molecule has 3 aromatic rings. The number of methoxy groups -OCH3 is 1. The van der Waals surface area contributed by atoms with Gasteiger partial charge in [-0.25, -0.2) is 0 Å². The van der Waals surface area contributed by atoms with Crippen LogP contribution in [0, 0.1) is 0 Å². The summed E-state index contributed by atoms with van der Waals surface area (Å²) in [6, 6.07) is 17.8. The fourth-order valence-corrected chi connectivity index (χ4v) is 3.23. The molecule has 2 heterocycles. The van der Waals surface area contributed by atoms with Crippen molar-refractivity contribution in [3.63, 3.8) is 0 Å². The molecule has 7 nitrogen and oxygen atoms in total. The van der Waals surface area contributed by atoms with Crippen molar-refractivity contribution in [2.24, 2.45) is 0 Å². The molecular weight excluding hydrogens is 356 g/mol. The minimum absolute atomic E-state index is 0.125. The second-order valence-electron chi connectivity index (χ2n) is 6.66. The molecule has 0 N–H and O–H groups in total. The number of benzene rings is 2. The molecule has 0 atom stereocenters. The Morgan fingerprint density at radius 2 is 1.75 bits per heavy atom. The van der Waals surface area contributed by atoms with Crippen LogP contribution in [0.25, 0.3) is 11.4 Å². The van der Waals surface area contributed by atoms with Gasteiger partial charge in [-0.15, -0.1) is 0 Å². The van der Waals surface area contributed by atoms with Gasteiger partial charge in [0.15, 0.2) is 0 Å². The summed E-state index contributed by atoms with van der Waals surface area (Å²) in [6.07, 6.45) is 0.392. The molecule has 0 radical (unpaired) electrons. The van der Waals surface area contributed by atoms with Crippen molar-refractivity contribution in [1.82, 2.24) is 15.0 Å². The molecule has 144 valence electrons. The van der Waals surface area contributed by atoms with Crippen molar-refractivity contribution in [2.75, 3.05) is 38.2 Å². The number of hydrogen-bond acceptors (Lipinski definition) is 6. The predicted octanol–water partition coefficient (Wildman–Crippen LogP) is 2.64. The summed E-state index contributed by atoms with van der Waals surface area (Å²) in [4.78, 5) is 21.0. The van der Waals surface area contributed by atoms with E-state index in [-0.39, 0.29) is 5.91 Å². The summed E-state index contributed by atoms with van der Waals surface area (Å²) in [6.45, 7) is 2.62. The van der Waals surface area contributed by atoms with Crippen molar-refractivity contribution < 1.29 is 14.1 Å². The summed E-state index contributed by atoms with van der Waals surface area (Å²) in [5.74, 6) is 1.49. The second-order valence-corrected chi connectivity index (χ2v) is 6.66. The van der Waals surface area contributed by atoms with Crippen molar-refractivity contribution in [3.8, 4) is 17.1 Å². The summed E-state index contributed by atoms with van der Waals surface area (Å²) >= 11 is 0. The third-order valence-corrected chi connectivity index (χ3v) is 4.86. The zero-order chi connectivity index (χ0) is 19.3. The number of rotatable bonds is 5. The van der Waals surface area contributed by atoms with Crippen LogP contribution in [0.1, 0.15) is 5.56 Å². The standard InChI is InChI=1S/C21H22N4O3/c1-27-18-9-7-16(8-10-18)15-19(26)24-11-13-25(14-12-24)21-22-20(23-28-21)17-5-3-2-4-6-17/h2-10H,11-15H2,1H3. The minimum Gasteiger partial charge on any atom is -0.497 e. The van der Waals surface area contributed by atoms with Crippen molar-refractivity contribution >= 4 is 11.9 Å². The van der Waals surface area contributed by atoms with Crippen LogP contribution in [0.5, 0.6) is 5.75 Å². The lowest BCUT2D eigenvalue weighted by Crippen LogP contribution is -2.49. The molecule has 1 fully saturated rings. The average molecular weight is 378 g/mol. The number of aromatic nitrogens is 2. The Balaban J connectivity index is 1.33. The van der Waals surface area contributed by atoms with Gasteiger partial charge in [0.25, 0.3) is 0 Å². The number of piperazine rings is 1. The highest BCUT2D eigenvalue weighted by Crippen LogP contribution is 2.21. The second kappa shape index (κ2) is 8.12. The quantitative estimate of drug-likeness (QED) is 0.680. The monoisotopic (exact) mass is 378 g/mol. The number of hydrogen-bond donors (Lipinski definition) is 0. The molecule has 1 aliphatic heterocycles. The van der Waals surface area contributed by atoms with Crippen molar-refractivity contribution in [3.05, 3.63) is 60.2 Å². The lowest BCUT2D eigenvalue weighted by atomic mass is 10.1. The van der Waals surface area contributed by atoms with E-state index >= 15 is 0 Å². The molecule has 28 heavy (non-hydrogen) atoms. The van der Waals surface area contributed by atoms with Gasteiger partial charge in [-0.1, -0.05) is 47.6 Å². The Labute approximate surface area is 163 Å². The van der Waals surface area contributed by atoms with Crippen LogP contribution in [-0.4, -0.2) is 54.2 Å². The van der Waals surface area contributed by atoms with E-state index in [1.807, 2.05) is 64.4 Å². The van der Waals surface area contributed by atoms with Crippen LogP contribution in [0.3, 0.4) is 0 Å². The van der Waals surface area contributed by atoms with Gasteiger partial charge in [-0.3, -0.25) is 4.79 Å². The summed E-state index contributed by atoms with van der Waals surface area (Å²) in [5.41, 5.74) is 1.91. The van der Waals surface area contributed by atoms with E-state index in [1.54, 1.807) is 7.11 Å². The van der Waals surface area contributed by atoms with Crippen LogP contribution in [-0.2, 0) is 11.2 Å². The van der Waals surface area contributed by atoms with Crippen LogP contribution in [0.4, 0.5) is 6.01 Å². The van der Waals surface area contributed by atoms with Gasteiger partial charge in [0.05, 0.1) is 13.5 Å². The number of ether oxygens (including phenoxy) is 1. The molecule has 0 bridgehead atoms. The van der Waals surface area contributed by atoms with E-state index in [0.717, 1.165) is 16.9 Å². The molecule has 0 spiro atoms. The van der Waals surface area contributed by atoms with Crippen LogP contribution in [0.2, 0.25) is 0 Å². The fourth-order valence-electron chi connectivity index (χ4n) is 3.23. The third kappa shape index (κ3) is 3.98. The number of nitrogens with zero attached hydrogens (tertiary/aromatic N) is 4. The molecule has 4 rings (SSSR count). The lowest BCUT2D eigenvalue weighted by molar-refractivity contribution is -0.130. The number of anilines is 1. The van der Waals surface area contributed by atoms with E-state index in [9.17, 15) is 4.79 Å². The molecule has 1 aromatic heterocycles. The van der Waals surface area contributed by atoms with E-state index in [1.165, 1.54) is 0 Å². The molecule has 0 aliphatic carbocycles. The Morgan fingerprint density at radius 1 is 1.04 bits per heavy atom. The van der Waals surface area contributed by atoms with Crippen molar-refractivity contribution in [1.29, 1.82) is 0 Å². The normalized spacial score (nSPS) is 14.2. The maximum absolute atomic E-state index is 12.6. The van der Waals surface area contributed by atoms with E-state index < -0.39 is 0 Å². The number of carbonyl (C=O) groups is 1. The first kappa shape index (κ1) is 18.0. The molecule has 7 heteroatoms. The summed E-state index contributed by atoms with van der Waals surface area (Å²) in [5, 5.41) is 4.07. The zero-order valence-electron chi connectivity index (χ0n) is 15.7. The van der Waals surface area contributed by atoms with Gasteiger partial charge >= 0.3 is 6.01 Å². The Bertz CT molecular complexity index is 916. The van der Waals surface area contributed by atoms with Gasteiger partial charge in [0.1, 0.15) is 5.75 Å². The van der Waals surface area contributed by atoms with Gasteiger partial charge < -0.3 is 19.1 Å². The van der Waals surface area contributed by atoms with Crippen LogP contribution < -0.4 is 9.64 Å². The molecule has 0 saturated carbocycles. The highest BCUT2D eigenvalue weighted by molar-refractivity contribution is 5.79. The van der Waals surface area contributed by atoms with Crippen molar-refractivity contribution in [2.45, 2.75) is 6.42 Å². The SMILES string of the molecule is COc1ccc(CC(=O)N2CCN(c3nc(-c4ccccc4)no3)CC2)cc1. The molecule has 1 aliphatic rings. The first-order valence-corrected chi connectivity index (χ1v) is 9.28. The fraction of sp³-hybridized carbons (Fsp3) is 0.286. The molecule has 1 amide bonds. The van der Waals surface area contributed by atoms with Gasteiger partial charge in [-0.05, 0) is 17.7 Å². The first-order valence-electron chi connectivity index (χ1n) is 9.28. The van der Waals surface area contributed by atoms with Crippen LogP contribution in [0.15, 0.2) is 59.1 Å². The smallest absolute Gasteiger partial charge is 0.324 e. The predicted molar refractivity (Wildman–Crippen MR) is 105 cm³/mol. The molecular formula is C21H22N4O3. The maximum Gasteiger partial charge on any atom is 0.324 e. The Morgan fingerprint density at radius 3 is 2.43 bits per heavy atom. The van der Waals surface area contributed by atoms with Gasteiger partial charge in [0, 0.05) is 31.7 Å². The number of carbonyl (C=O) groups excluding carboxylic acids is 1. The topological polar surface area (TPSA) is 71.7 Å². The minimum atomic E-state index is 0.125. The Kier molecular flexibility index (Phi) is 5.23. The first-order chi connectivity index (χ1) is 13.7. The maximum atomic E-state index is 12.6. The van der Waals surface area contributed by atoms with E-state index in [0.29, 0.717) is 44.4 Å². The van der Waals surface area contributed by atoms with E-state index in [2.05, 4.69) is 10.1 Å². The third-order valence-electron chi connectivity index (χ3n) is 4.86. The van der Waals surface area contributed by atoms with Gasteiger partial charge in [0.2, 0.25) is 11.7 Å². The molecule has 1 saturated heterocycles. The lowest BCUT2D eigenvalue weighted by Gasteiger charge is -2.33. The summed E-state index contributed by atoms with van der Waals surface area (Å²) < 4.78 is 10.6. The van der Waals surface area contributed by atoms with Crippen LogP contribution >= 0.6 is 0 Å². The van der Waals surface area contributed by atoms with Gasteiger partial charge in [-0.2, -0.15) is 4.98 Å².